The molecule has 0 spiro atoms. The lowest BCUT2D eigenvalue weighted by atomic mass is 9.77. The summed E-state index contributed by atoms with van der Waals surface area (Å²) >= 11 is 1.79. The standard InChI is InChI=1S/C32H35NO6S/c1-38-28-8-3-2-6-26(28)27(29(34)22-9-11-24(12-10-22)39-32(37)31(35)36)15-19-33-17-13-21(14-18-33)25-7-4-5-23-16-20-40-30(23)25/h2-8,13,16,20,22,24,27H,9-12,14-15,17-19H2,1H3,(H,35,36). The molecule has 1 aliphatic carbocycles. The molecule has 0 amide bonds. The first kappa shape index (κ1) is 28.1. The van der Waals surface area contributed by atoms with Crippen LogP contribution in [0.5, 0.6) is 5.75 Å². The first-order valence-corrected chi connectivity index (χ1v) is 14.8. The molecular weight excluding hydrogens is 526 g/mol. The quantitative estimate of drug-likeness (QED) is 0.256. The van der Waals surface area contributed by atoms with Crippen LogP contribution < -0.4 is 4.74 Å². The van der Waals surface area contributed by atoms with E-state index < -0.39 is 18.0 Å². The number of ketones is 1. The second kappa shape index (κ2) is 12.8. The number of Topliss-reactive ketones (excluding diaryl/α,β-unsaturated/α-hetero) is 1. The molecule has 0 bridgehead atoms. The lowest BCUT2D eigenvalue weighted by molar-refractivity contribution is -0.168. The summed E-state index contributed by atoms with van der Waals surface area (Å²) in [7, 11) is 1.63. The molecule has 8 heteroatoms. The number of fused-ring (bicyclic) bond motifs is 1. The Balaban J connectivity index is 1.25. The molecule has 40 heavy (non-hydrogen) atoms. The summed E-state index contributed by atoms with van der Waals surface area (Å²) in [6.45, 7) is 2.59. The van der Waals surface area contributed by atoms with Crippen molar-refractivity contribution in [1.82, 2.24) is 4.90 Å². The minimum Gasteiger partial charge on any atom is -0.496 e. The number of rotatable bonds is 9. The molecule has 1 saturated carbocycles. The Labute approximate surface area is 238 Å². The average Bonchev–Trinajstić information content (AvgIpc) is 3.47. The van der Waals surface area contributed by atoms with Crippen LogP contribution in [0.1, 0.15) is 55.6 Å². The number of hydrogen-bond acceptors (Lipinski definition) is 7. The Hall–Kier alpha value is -3.49. The Morgan fingerprint density at radius 1 is 1.05 bits per heavy atom. The summed E-state index contributed by atoms with van der Waals surface area (Å²) in [6, 6.07) is 16.4. The van der Waals surface area contributed by atoms with E-state index >= 15 is 0 Å². The zero-order valence-corrected chi connectivity index (χ0v) is 23.5. The van der Waals surface area contributed by atoms with Gasteiger partial charge in [-0.2, -0.15) is 0 Å². The first-order valence-electron chi connectivity index (χ1n) is 13.9. The fourth-order valence-electron chi connectivity index (χ4n) is 6.07. The van der Waals surface area contributed by atoms with E-state index in [2.05, 4.69) is 40.6 Å². The van der Waals surface area contributed by atoms with Gasteiger partial charge < -0.3 is 14.6 Å². The Kier molecular flexibility index (Phi) is 8.97. The first-order chi connectivity index (χ1) is 19.4. The summed E-state index contributed by atoms with van der Waals surface area (Å²) in [5.41, 5.74) is 3.63. The van der Waals surface area contributed by atoms with Gasteiger partial charge in [-0.25, -0.2) is 9.59 Å². The van der Waals surface area contributed by atoms with Gasteiger partial charge in [0.25, 0.3) is 0 Å². The van der Waals surface area contributed by atoms with Crippen molar-refractivity contribution >= 4 is 44.7 Å². The van der Waals surface area contributed by atoms with Crippen LogP contribution in [0, 0.1) is 5.92 Å². The third-order valence-electron chi connectivity index (χ3n) is 8.23. The lowest BCUT2D eigenvalue weighted by Crippen LogP contribution is -2.34. The van der Waals surface area contributed by atoms with Crippen molar-refractivity contribution in [2.45, 2.75) is 50.5 Å². The Bertz CT molecular complexity index is 1400. The van der Waals surface area contributed by atoms with Crippen LogP contribution in [0.25, 0.3) is 15.7 Å². The monoisotopic (exact) mass is 561 g/mol. The summed E-state index contributed by atoms with van der Waals surface area (Å²) in [5.74, 6) is -2.37. The minimum atomic E-state index is -1.59. The summed E-state index contributed by atoms with van der Waals surface area (Å²) < 4.78 is 12.1. The van der Waals surface area contributed by atoms with Crippen LogP contribution in [0.3, 0.4) is 0 Å². The lowest BCUT2D eigenvalue weighted by Gasteiger charge is -2.32. The highest BCUT2D eigenvalue weighted by atomic mass is 32.1. The maximum absolute atomic E-state index is 13.9. The van der Waals surface area contributed by atoms with Gasteiger partial charge in [0.2, 0.25) is 0 Å². The maximum atomic E-state index is 13.9. The number of aliphatic carboxylic acids is 1. The number of benzene rings is 2. The zero-order valence-electron chi connectivity index (χ0n) is 22.7. The van der Waals surface area contributed by atoms with Crippen LogP contribution in [0.2, 0.25) is 0 Å². The SMILES string of the molecule is COc1ccccc1C(CCN1CC=C(c2cccc3ccsc23)CC1)C(=O)C1CCC(OC(=O)C(=O)O)CC1. The molecule has 3 aromatic rings. The number of thiophene rings is 1. The minimum absolute atomic E-state index is 0.158. The van der Waals surface area contributed by atoms with Crippen molar-refractivity contribution in [3.8, 4) is 5.75 Å². The maximum Gasteiger partial charge on any atom is 0.417 e. The number of carboxylic acid groups (broad SMARTS) is 1. The summed E-state index contributed by atoms with van der Waals surface area (Å²) in [4.78, 5) is 38.6. The van der Waals surface area contributed by atoms with E-state index in [4.69, 9.17) is 14.6 Å². The third-order valence-corrected chi connectivity index (χ3v) is 9.20. The highest BCUT2D eigenvalue weighted by Crippen LogP contribution is 2.37. The van der Waals surface area contributed by atoms with E-state index in [0.717, 1.165) is 37.4 Å². The predicted octanol–water partition coefficient (Wildman–Crippen LogP) is 5.93. The van der Waals surface area contributed by atoms with Gasteiger partial charge >= 0.3 is 11.9 Å². The molecule has 2 heterocycles. The van der Waals surface area contributed by atoms with E-state index in [1.165, 1.54) is 21.2 Å². The van der Waals surface area contributed by atoms with Crippen molar-refractivity contribution in [1.29, 1.82) is 0 Å². The normalized spacial score (nSPS) is 20.5. The fraction of sp³-hybridized carbons (Fsp3) is 0.406. The highest BCUT2D eigenvalue weighted by molar-refractivity contribution is 7.17. The second-order valence-corrected chi connectivity index (χ2v) is 11.5. The van der Waals surface area contributed by atoms with Gasteiger partial charge in [-0.15, -0.1) is 11.3 Å². The molecule has 1 atom stereocenters. The van der Waals surface area contributed by atoms with Crippen LogP contribution in [-0.4, -0.2) is 60.6 Å². The second-order valence-electron chi connectivity index (χ2n) is 10.6. The summed E-state index contributed by atoms with van der Waals surface area (Å²) in [5, 5.41) is 12.3. The molecular formula is C32H35NO6S. The topological polar surface area (TPSA) is 93.1 Å². The van der Waals surface area contributed by atoms with Crippen molar-refractivity contribution in [2.24, 2.45) is 5.92 Å². The predicted molar refractivity (Wildman–Crippen MR) is 156 cm³/mol. The summed E-state index contributed by atoms with van der Waals surface area (Å²) in [6.07, 6.45) is 5.68. The Morgan fingerprint density at radius 3 is 2.58 bits per heavy atom. The highest BCUT2D eigenvalue weighted by Gasteiger charge is 2.34. The number of para-hydroxylation sites is 1. The van der Waals surface area contributed by atoms with E-state index in [1.54, 1.807) is 18.4 Å². The van der Waals surface area contributed by atoms with Crippen molar-refractivity contribution in [3.05, 3.63) is 71.1 Å². The van der Waals surface area contributed by atoms with Gasteiger partial charge in [0.15, 0.2) is 0 Å². The van der Waals surface area contributed by atoms with E-state index in [1.807, 2.05) is 24.3 Å². The molecule has 2 aromatic carbocycles. The van der Waals surface area contributed by atoms with Crippen LogP contribution in [-0.2, 0) is 19.1 Å². The number of ether oxygens (including phenoxy) is 2. The molecule has 2 aliphatic rings. The largest absolute Gasteiger partial charge is 0.496 e. The number of carbonyl (C=O) groups is 3. The molecule has 1 N–H and O–H groups in total. The molecule has 5 rings (SSSR count). The zero-order chi connectivity index (χ0) is 28.1. The van der Waals surface area contributed by atoms with Gasteiger partial charge in [0.1, 0.15) is 17.6 Å². The molecule has 1 aromatic heterocycles. The number of carbonyl (C=O) groups excluding carboxylic acids is 2. The van der Waals surface area contributed by atoms with Gasteiger partial charge in [0.05, 0.1) is 7.11 Å². The van der Waals surface area contributed by atoms with Gasteiger partial charge in [0, 0.05) is 35.2 Å². The van der Waals surface area contributed by atoms with Crippen LogP contribution >= 0.6 is 11.3 Å². The fourth-order valence-corrected chi connectivity index (χ4v) is 7.02. The smallest absolute Gasteiger partial charge is 0.417 e. The van der Waals surface area contributed by atoms with E-state index in [-0.39, 0.29) is 17.6 Å². The molecule has 0 saturated heterocycles. The van der Waals surface area contributed by atoms with Gasteiger partial charge in [-0.1, -0.05) is 42.5 Å². The van der Waals surface area contributed by atoms with E-state index in [9.17, 15) is 14.4 Å². The number of nitrogens with zero attached hydrogens (tertiary/aromatic N) is 1. The van der Waals surface area contributed by atoms with E-state index in [0.29, 0.717) is 32.1 Å². The molecule has 1 unspecified atom stereocenters. The van der Waals surface area contributed by atoms with Gasteiger partial charge in [-0.3, -0.25) is 9.69 Å². The third kappa shape index (κ3) is 6.29. The average molecular weight is 562 g/mol. The van der Waals surface area contributed by atoms with Crippen molar-refractivity contribution in [2.75, 3.05) is 26.7 Å². The molecule has 1 fully saturated rings. The van der Waals surface area contributed by atoms with Crippen LogP contribution in [0.15, 0.2) is 60.0 Å². The number of hydrogen-bond donors (Lipinski definition) is 1. The molecule has 1 aliphatic heterocycles. The van der Waals surface area contributed by atoms with Crippen LogP contribution in [0.4, 0.5) is 0 Å². The van der Waals surface area contributed by atoms with Gasteiger partial charge in [-0.05, 0) is 79.1 Å². The molecule has 0 radical (unpaired) electrons. The van der Waals surface area contributed by atoms with Crippen molar-refractivity contribution in [3.63, 3.8) is 0 Å². The molecule has 7 nitrogen and oxygen atoms in total. The Morgan fingerprint density at radius 2 is 1.85 bits per heavy atom. The van der Waals surface area contributed by atoms with Crippen molar-refractivity contribution < 1.29 is 29.0 Å². The number of carboxylic acids is 1. The number of methoxy groups -OCH3 is 1. The molecule has 210 valence electrons. The number of esters is 1.